The number of alkyl halides is 1. The average Bonchev–Trinajstić information content (AvgIpc) is 2.34. The van der Waals surface area contributed by atoms with Crippen LogP contribution in [0.25, 0.3) is 0 Å². The van der Waals surface area contributed by atoms with Crippen LogP contribution in [0.4, 0.5) is 13.2 Å². The Balaban J connectivity index is 2.42. The molecule has 2 rings (SSSR count). The lowest BCUT2D eigenvalue weighted by molar-refractivity contribution is 0.569. The Morgan fingerprint density at radius 3 is 2.17 bits per heavy atom. The van der Waals surface area contributed by atoms with Gasteiger partial charge in [0.2, 0.25) is 0 Å². The maximum Gasteiger partial charge on any atom is 0.130 e. The molecule has 0 bridgehead atoms. The summed E-state index contributed by atoms with van der Waals surface area (Å²) in [5, 5.41) is 0. The molecule has 0 heterocycles. The van der Waals surface area contributed by atoms with Crippen molar-refractivity contribution in [3.63, 3.8) is 0 Å². The van der Waals surface area contributed by atoms with E-state index in [9.17, 15) is 13.2 Å². The third-order valence-corrected chi connectivity index (χ3v) is 3.74. The standard InChI is InChI=1S/C14H10BrF3/c1-8-6-11(13(18)7-12(8)17)14(15)9-2-4-10(16)5-3-9/h2-7,14H,1H3. The Kier molecular flexibility index (Phi) is 3.76. The Hall–Kier alpha value is -1.29. The molecule has 4 heteroatoms. The van der Waals surface area contributed by atoms with Crippen molar-refractivity contribution < 1.29 is 13.2 Å². The Labute approximate surface area is 112 Å². The largest absolute Gasteiger partial charge is 0.207 e. The minimum atomic E-state index is -0.621. The highest BCUT2D eigenvalue weighted by atomic mass is 79.9. The number of hydrogen-bond acceptors (Lipinski definition) is 0. The van der Waals surface area contributed by atoms with Gasteiger partial charge in [-0.3, -0.25) is 0 Å². The van der Waals surface area contributed by atoms with E-state index in [1.165, 1.54) is 18.2 Å². The third kappa shape index (κ3) is 2.58. The second-order valence-corrected chi connectivity index (χ2v) is 4.95. The van der Waals surface area contributed by atoms with Crippen LogP contribution in [0.15, 0.2) is 36.4 Å². The van der Waals surface area contributed by atoms with Crippen LogP contribution in [-0.4, -0.2) is 0 Å². The minimum Gasteiger partial charge on any atom is -0.207 e. The first kappa shape index (κ1) is 13.1. The summed E-state index contributed by atoms with van der Waals surface area (Å²) in [6.45, 7) is 1.57. The van der Waals surface area contributed by atoms with Crippen molar-refractivity contribution in [1.29, 1.82) is 0 Å². The summed E-state index contributed by atoms with van der Waals surface area (Å²) >= 11 is 3.34. The number of rotatable bonds is 2. The molecule has 0 amide bonds. The first-order chi connectivity index (χ1) is 8.49. The van der Waals surface area contributed by atoms with E-state index in [4.69, 9.17) is 0 Å². The zero-order chi connectivity index (χ0) is 13.3. The molecule has 0 aliphatic heterocycles. The van der Waals surface area contributed by atoms with Crippen LogP contribution in [0.1, 0.15) is 21.5 Å². The first-order valence-corrected chi connectivity index (χ1v) is 6.25. The Morgan fingerprint density at radius 1 is 0.944 bits per heavy atom. The second kappa shape index (κ2) is 5.14. The first-order valence-electron chi connectivity index (χ1n) is 5.34. The number of hydrogen-bond donors (Lipinski definition) is 0. The molecule has 18 heavy (non-hydrogen) atoms. The van der Waals surface area contributed by atoms with E-state index in [1.54, 1.807) is 19.1 Å². The van der Waals surface area contributed by atoms with Gasteiger partial charge in [-0.2, -0.15) is 0 Å². The summed E-state index contributed by atoms with van der Waals surface area (Å²) in [5.74, 6) is -1.55. The molecular weight excluding hydrogens is 305 g/mol. The van der Waals surface area contributed by atoms with Crippen molar-refractivity contribution >= 4 is 15.9 Å². The van der Waals surface area contributed by atoms with Crippen molar-refractivity contribution in [2.75, 3.05) is 0 Å². The highest BCUT2D eigenvalue weighted by Gasteiger charge is 2.16. The van der Waals surface area contributed by atoms with Gasteiger partial charge in [-0.05, 0) is 36.2 Å². The second-order valence-electron chi connectivity index (χ2n) is 4.04. The Bertz CT molecular complexity index is 564. The monoisotopic (exact) mass is 314 g/mol. The molecule has 0 aromatic heterocycles. The van der Waals surface area contributed by atoms with Crippen LogP contribution in [0.2, 0.25) is 0 Å². The molecule has 0 saturated carbocycles. The molecule has 2 aromatic rings. The predicted molar refractivity (Wildman–Crippen MR) is 68.3 cm³/mol. The fraction of sp³-hybridized carbons (Fsp3) is 0.143. The van der Waals surface area contributed by atoms with Crippen LogP contribution in [0.3, 0.4) is 0 Å². The fourth-order valence-corrected chi connectivity index (χ4v) is 2.34. The summed E-state index contributed by atoms with van der Waals surface area (Å²) in [4.78, 5) is -0.433. The molecule has 0 nitrogen and oxygen atoms in total. The average molecular weight is 315 g/mol. The van der Waals surface area contributed by atoms with Gasteiger partial charge in [0.05, 0.1) is 4.83 Å². The van der Waals surface area contributed by atoms with Gasteiger partial charge in [-0.25, -0.2) is 13.2 Å². The van der Waals surface area contributed by atoms with Crippen molar-refractivity contribution in [1.82, 2.24) is 0 Å². The summed E-state index contributed by atoms with van der Waals surface area (Å²) in [6.07, 6.45) is 0. The van der Waals surface area contributed by atoms with Crippen LogP contribution in [-0.2, 0) is 0 Å². The van der Waals surface area contributed by atoms with E-state index in [2.05, 4.69) is 15.9 Å². The van der Waals surface area contributed by atoms with E-state index < -0.39 is 16.5 Å². The van der Waals surface area contributed by atoms with E-state index >= 15 is 0 Å². The summed E-state index contributed by atoms with van der Waals surface area (Å²) in [5.41, 5.74) is 1.42. The van der Waals surface area contributed by atoms with Crippen molar-refractivity contribution in [3.05, 3.63) is 70.5 Å². The van der Waals surface area contributed by atoms with Crippen LogP contribution >= 0.6 is 15.9 Å². The smallest absolute Gasteiger partial charge is 0.130 e. The maximum absolute atomic E-state index is 13.7. The fourth-order valence-electron chi connectivity index (χ4n) is 1.69. The van der Waals surface area contributed by atoms with Crippen LogP contribution < -0.4 is 0 Å². The molecule has 1 unspecified atom stereocenters. The van der Waals surface area contributed by atoms with Gasteiger partial charge in [0, 0.05) is 11.6 Å². The highest BCUT2D eigenvalue weighted by Crippen LogP contribution is 2.33. The summed E-state index contributed by atoms with van der Waals surface area (Å²) in [6, 6.07) is 8.05. The van der Waals surface area contributed by atoms with Crippen LogP contribution in [0, 0.1) is 24.4 Å². The highest BCUT2D eigenvalue weighted by molar-refractivity contribution is 9.09. The molecule has 0 saturated heterocycles. The zero-order valence-corrected chi connectivity index (χ0v) is 11.1. The zero-order valence-electron chi connectivity index (χ0n) is 9.55. The lowest BCUT2D eigenvalue weighted by Gasteiger charge is -2.13. The predicted octanol–water partition coefficient (Wildman–Crippen LogP) is 4.90. The van der Waals surface area contributed by atoms with Gasteiger partial charge in [-0.15, -0.1) is 0 Å². The topological polar surface area (TPSA) is 0 Å². The lowest BCUT2D eigenvalue weighted by Crippen LogP contribution is -1.99. The van der Waals surface area contributed by atoms with Gasteiger partial charge in [0.25, 0.3) is 0 Å². The van der Waals surface area contributed by atoms with E-state index in [0.717, 1.165) is 6.07 Å². The SMILES string of the molecule is Cc1cc(C(Br)c2ccc(F)cc2)c(F)cc1F. The normalized spacial score (nSPS) is 12.5. The van der Waals surface area contributed by atoms with Gasteiger partial charge >= 0.3 is 0 Å². The lowest BCUT2D eigenvalue weighted by atomic mass is 10.0. The number of benzene rings is 2. The number of halogens is 4. The molecule has 0 spiro atoms. The molecular formula is C14H10BrF3. The Morgan fingerprint density at radius 2 is 1.56 bits per heavy atom. The van der Waals surface area contributed by atoms with Gasteiger partial charge in [0.15, 0.2) is 0 Å². The number of aryl methyl sites for hydroxylation is 1. The van der Waals surface area contributed by atoms with E-state index in [1.807, 2.05) is 0 Å². The quantitative estimate of drug-likeness (QED) is 0.692. The molecule has 0 N–H and O–H groups in total. The molecule has 0 aliphatic carbocycles. The van der Waals surface area contributed by atoms with Crippen molar-refractivity contribution in [2.45, 2.75) is 11.8 Å². The summed E-state index contributed by atoms with van der Waals surface area (Å²) in [7, 11) is 0. The van der Waals surface area contributed by atoms with Gasteiger partial charge in [-0.1, -0.05) is 28.1 Å². The molecule has 0 aliphatic rings. The van der Waals surface area contributed by atoms with Crippen molar-refractivity contribution in [3.8, 4) is 0 Å². The molecule has 94 valence electrons. The third-order valence-electron chi connectivity index (χ3n) is 2.71. The van der Waals surface area contributed by atoms with Gasteiger partial charge in [0.1, 0.15) is 17.5 Å². The maximum atomic E-state index is 13.7. The molecule has 0 fully saturated rings. The molecule has 2 aromatic carbocycles. The molecule has 1 atom stereocenters. The van der Waals surface area contributed by atoms with Crippen molar-refractivity contribution in [2.24, 2.45) is 0 Å². The van der Waals surface area contributed by atoms with Crippen LogP contribution in [0.5, 0.6) is 0 Å². The minimum absolute atomic E-state index is 0.334. The van der Waals surface area contributed by atoms with Gasteiger partial charge < -0.3 is 0 Å². The summed E-state index contributed by atoms with van der Waals surface area (Å²) < 4.78 is 39.7. The van der Waals surface area contributed by atoms with E-state index in [-0.39, 0.29) is 5.82 Å². The molecule has 0 radical (unpaired) electrons. The van der Waals surface area contributed by atoms with E-state index in [0.29, 0.717) is 16.7 Å².